The van der Waals surface area contributed by atoms with E-state index in [4.69, 9.17) is 0 Å². The Morgan fingerprint density at radius 3 is 2.57 bits per heavy atom. The van der Waals surface area contributed by atoms with Crippen molar-refractivity contribution < 1.29 is 9.59 Å². The van der Waals surface area contributed by atoms with Crippen LogP contribution in [-0.4, -0.2) is 28.1 Å². The summed E-state index contributed by atoms with van der Waals surface area (Å²) in [6.07, 6.45) is 5.19. The molecule has 1 aliphatic rings. The number of carbonyl (C=O) groups excluding carboxylic acids is 2. The summed E-state index contributed by atoms with van der Waals surface area (Å²) in [7, 11) is 0. The van der Waals surface area contributed by atoms with E-state index in [0.29, 0.717) is 5.13 Å². The lowest BCUT2D eigenvalue weighted by molar-refractivity contribution is -0.130. The van der Waals surface area contributed by atoms with Gasteiger partial charge < -0.3 is 5.32 Å². The summed E-state index contributed by atoms with van der Waals surface area (Å²) < 4.78 is 0. The molecule has 0 spiro atoms. The van der Waals surface area contributed by atoms with Gasteiger partial charge in [0.05, 0.1) is 0 Å². The van der Waals surface area contributed by atoms with Crippen molar-refractivity contribution >= 4 is 28.3 Å². The monoisotopic (exact) mass is 400 g/mol. The molecule has 2 aromatic rings. The van der Waals surface area contributed by atoms with Crippen molar-refractivity contribution in [3.05, 3.63) is 29.8 Å². The number of nitrogens with one attached hydrogen (secondary N) is 2. The van der Waals surface area contributed by atoms with Crippen molar-refractivity contribution in [2.24, 2.45) is 11.8 Å². The third kappa shape index (κ3) is 5.16. The molecule has 0 bridgehead atoms. The van der Waals surface area contributed by atoms with Gasteiger partial charge in [0.2, 0.25) is 16.9 Å². The van der Waals surface area contributed by atoms with Crippen LogP contribution in [0.25, 0.3) is 10.6 Å². The van der Waals surface area contributed by atoms with E-state index in [0.717, 1.165) is 41.8 Å². The molecule has 2 amide bonds. The van der Waals surface area contributed by atoms with E-state index in [1.165, 1.54) is 17.8 Å². The highest BCUT2D eigenvalue weighted by Gasteiger charge is 2.29. The maximum Gasteiger partial charge on any atom is 0.249 e. The van der Waals surface area contributed by atoms with Crippen molar-refractivity contribution in [3.8, 4) is 10.6 Å². The van der Waals surface area contributed by atoms with Crippen LogP contribution in [0.3, 0.4) is 0 Å². The predicted octanol–water partition coefficient (Wildman–Crippen LogP) is 4.17. The Morgan fingerprint density at radius 1 is 1.14 bits per heavy atom. The van der Waals surface area contributed by atoms with Gasteiger partial charge in [0.15, 0.2) is 0 Å². The molecule has 1 aromatic carbocycles. The Hall–Kier alpha value is -2.28. The van der Waals surface area contributed by atoms with Gasteiger partial charge in [0, 0.05) is 11.5 Å². The third-order valence-electron chi connectivity index (χ3n) is 5.14. The van der Waals surface area contributed by atoms with Crippen molar-refractivity contribution in [1.29, 1.82) is 0 Å². The summed E-state index contributed by atoms with van der Waals surface area (Å²) >= 11 is 1.33. The minimum absolute atomic E-state index is 0.00809. The van der Waals surface area contributed by atoms with Crippen LogP contribution in [0.5, 0.6) is 0 Å². The van der Waals surface area contributed by atoms with E-state index in [1.54, 1.807) is 0 Å². The zero-order valence-corrected chi connectivity index (χ0v) is 17.5. The van der Waals surface area contributed by atoms with Gasteiger partial charge in [-0.1, -0.05) is 68.2 Å². The van der Waals surface area contributed by atoms with Crippen molar-refractivity contribution in [2.75, 3.05) is 5.32 Å². The van der Waals surface area contributed by atoms with Crippen LogP contribution in [-0.2, 0) is 9.59 Å². The van der Waals surface area contributed by atoms with E-state index in [-0.39, 0.29) is 23.7 Å². The number of benzene rings is 1. The fourth-order valence-corrected chi connectivity index (χ4v) is 4.27. The van der Waals surface area contributed by atoms with Gasteiger partial charge in [0.1, 0.15) is 11.0 Å². The highest BCUT2D eigenvalue weighted by molar-refractivity contribution is 7.18. The standard InChI is InChI=1S/C21H28N4O2S/c1-13(2)17(22-18(26)15-9-5-4-6-10-15)19(27)23-21-25-24-20(28-21)16-11-7-8-14(3)12-16/h7-8,11-13,15,17H,4-6,9-10H2,1-3H3,(H,22,26)(H,23,25,27). The summed E-state index contributed by atoms with van der Waals surface area (Å²) in [5.41, 5.74) is 2.12. The zero-order valence-electron chi connectivity index (χ0n) is 16.7. The second kappa shape index (κ2) is 9.28. The molecule has 0 saturated heterocycles. The maximum absolute atomic E-state index is 12.8. The summed E-state index contributed by atoms with van der Waals surface area (Å²) in [4.78, 5) is 25.4. The lowest BCUT2D eigenvalue weighted by Gasteiger charge is -2.26. The Balaban J connectivity index is 1.65. The van der Waals surface area contributed by atoms with Crippen LogP contribution in [0, 0.1) is 18.8 Å². The van der Waals surface area contributed by atoms with E-state index in [1.807, 2.05) is 45.0 Å². The molecule has 1 heterocycles. The number of hydrogen-bond donors (Lipinski definition) is 2. The number of nitrogens with zero attached hydrogens (tertiary/aromatic N) is 2. The smallest absolute Gasteiger partial charge is 0.249 e. The number of hydrogen-bond acceptors (Lipinski definition) is 5. The summed E-state index contributed by atoms with van der Waals surface area (Å²) in [5.74, 6) is -0.244. The zero-order chi connectivity index (χ0) is 20.1. The predicted molar refractivity (Wildman–Crippen MR) is 112 cm³/mol. The van der Waals surface area contributed by atoms with E-state index >= 15 is 0 Å². The molecule has 1 aliphatic carbocycles. The van der Waals surface area contributed by atoms with Crippen molar-refractivity contribution in [2.45, 2.75) is 58.9 Å². The van der Waals surface area contributed by atoms with Crippen LogP contribution >= 0.6 is 11.3 Å². The first-order chi connectivity index (χ1) is 13.4. The number of aromatic nitrogens is 2. The van der Waals surface area contributed by atoms with Crippen molar-refractivity contribution in [1.82, 2.24) is 15.5 Å². The molecule has 0 aliphatic heterocycles. The number of carbonyl (C=O) groups is 2. The van der Waals surface area contributed by atoms with E-state index in [2.05, 4.69) is 20.8 Å². The summed E-state index contributed by atoms with van der Waals surface area (Å²) in [6.45, 7) is 5.89. The number of anilines is 1. The molecular formula is C21H28N4O2S. The Labute approximate surface area is 170 Å². The topological polar surface area (TPSA) is 84.0 Å². The Bertz CT molecular complexity index is 827. The van der Waals surface area contributed by atoms with Crippen LogP contribution in [0.4, 0.5) is 5.13 Å². The van der Waals surface area contributed by atoms with E-state index < -0.39 is 6.04 Å². The Morgan fingerprint density at radius 2 is 1.89 bits per heavy atom. The fourth-order valence-electron chi connectivity index (χ4n) is 3.52. The first-order valence-electron chi connectivity index (χ1n) is 9.96. The first kappa shape index (κ1) is 20.5. The van der Waals surface area contributed by atoms with Gasteiger partial charge in [-0.25, -0.2) is 0 Å². The van der Waals surface area contributed by atoms with Crippen LogP contribution < -0.4 is 10.6 Å². The third-order valence-corrected chi connectivity index (χ3v) is 6.03. The van der Waals surface area contributed by atoms with Gasteiger partial charge in [-0.2, -0.15) is 0 Å². The quantitative estimate of drug-likeness (QED) is 0.762. The summed E-state index contributed by atoms with van der Waals surface area (Å²) in [6, 6.07) is 7.42. The highest BCUT2D eigenvalue weighted by atomic mass is 32.1. The van der Waals surface area contributed by atoms with Gasteiger partial charge in [-0.15, -0.1) is 10.2 Å². The van der Waals surface area contributed by atoms with Gasteiger partial charge in [-0.05, 0) is 31.7 Å². The molecule has 28 heavy (non-hydrogen) atoms. The molecular weight excluding hydrogens is 372 g/mol. The molecule has 1 unspecified atom stereocenters. The second-order valence-corrected chi connectivity index (χ2v) is 8.81. The molecule has 0 radical (unpaired) electrons. The lowest BCUT2D eigenvalue weighted by atomic mass is 9.88. The normalized spacial score (nSPS) is 16.0. The maximum atomic E-state index is 12.8. The van der Waals surface area contributed by atoms with Crippen LogP contribution in [0.15, 0.2) is 24.3 Å². The molecule has 1 fully saturated rings. The molecule has 1 saturated carbocycles. The molecule has 1 aromatic heterocycles. The average molecular weight is 401 g/mol. The van der Waals surface area contributed by atoms with Gasteiger partial charge in [-0.3, -0.25) is 14.9 Å². The summed E-state index contributed by atoms with van der Waals surface area (Å²) in [5, 5.41) is 15.3. The molecule has 6 nitrogen and oxygen atoms in total. The molecule has 150 valence electrons. The van der Waals surface area contributed by atoms with E-state index in [9.17, 15) is 9.59 Å². The highest BCUT2D eigenvalue weighted by Crippen LogP contribution is 2.27. The van der Waals surface area contributed by atoms with Crippen LogP contribution in [0.1, 0.15) is 51.5 Å². The first-order valence-corrected chi connectivity index (χ1v) is 10.8. The minimum atomic E-state index is -0.583. The molecule has 1 atom stereocenters. The fraction of sp³-hybridized carbons (Fsp3) is 0.524. The number of aryl methyl sites for hydroxylation is 1. The van der Waals surface area contributed by atoms with Crippen molar-refractivity contribution in [3.63, 3.8) is 0 Å². The second-order valence-electron chi connectivity index (χ2n) is 7.84. The van der Waals surface area contributed by atoms with Gasteiger partial charge in [0.25, 0.3) is 0 Å². The van der Waals surface area contributed by atoms with Gasteiger partial charge >= 0.3 is 0 Å². The molecule has 7 heteroatoms. The minimum Gasteiger partial charge on any atom is -0.344 e. The SMILES string of the molecule is Cc1cccc(-c2nnc(NC(=O)C(NC(=O)C3CCCCC3)C(C)C)s2)c1. The Kier molecular flexibility index (Phi) is 6.78. The lowest BCUT2D eigenvalue weighted by Crippen LogP contribution is -2.49. The number of amides is 2. The molecule has 2 N–H and O–H groups in total. The van der Waals surface area contributed by atoms with Crippen LogP contribution in [0.2, 0.25) is 0 Å². The number of rotatable bonds is 6. The molecule has 3 rings (SSSR count). The largest absolute Gasteiger partial charge is 0.344 e. The average Bonchev–Trinajstić information content (AvgIpc) is 3.14.